The van der Waals surface area contributed by atoms with Crippen LogP contribution in [0, 0.1) is 11.7 Å². The predicted molar refractivity (Wildman–Crippen MR) is 76.7 cm³/mol. The number of hydrogen-bond acceptors (Lipinski definition) is 4. The highest BCUT2D eigenvalue weighted by Crippen LogP contribution is 2.28. The summed E-state index contributed by atoms with van der Waals surface area (Å²) < 4.78 is 45.1. The molecule has 122 valence electrons. The van der Waals surface area contributed by atoms with E-state index >= 15 is 0 Å². The summed E-state index contributed by atoms with van der Waals surface area (Å²) >= 11 is 0. The minimum absolute atomic E-state index is 0.0862. The van der Waals surface area contributed by atoms with Gasteiger partial charge in [-0.15, -0.1) is 0 Å². The lowest BCUT2D eigenvalue weighted by Crippen LogP contribution is -2.40. The van der Waals surface area contributed by atoms with Crippen molar-refractivity contribution >= 4 is 16.0 Å². The van der Waals surface area contributed by atoms with Crippen LogP contribution in [0.2, 0.25) is 0 Å². The Morgan fingerprint density at radius 2 is 2.23 bits per heavy atom. The molecule has 1 fully saturated rings. The van der Waals surface area contributed by atoms with Crippen molar-refractivity contribution < 1.29 is 27.4 Å². The number of nitrogens with zero attached hydrogens (tertiary/aromatic N) is 1. The van der Waals surface area contributed by atoms with Crippen molar-refractivity contribution in [3.05, 3.63) is 24.0 Å². The number of carboxylic acids is 1. The van der Waals surface area contributed by atoms with Crippen molar-refractivity contribution in [2.24, 2.45) is 5.92 Å². The Balaban J connectivity index is 2.24. The largest absolute Gasteiger partial charge is 0.497 e. The zero-order chi connectivity index (χ0) is 16.3. The smallest absolute Gasteiger partial charge is 0.303 e. The van der Waals surface area contributed by atoms with E-state index in [0.29, 0.717) is 12.8 Å². The Morgan fingerprint density at radius 3 is 2.82 bits per heavy atom. The van der Waals surface area contributed by atoms with Gasteiger partial charge >= 0.3 is 5.97 Å². The summed E-state index contributed by atoms with van der Waals surface area (Å²) in [6, 6.07) is 3.57. The molecule has 0 bridgehead atoms. The first-order valence-electron chi connectivity index (χ1n) is 6.90. The van der Waals surface area contributed by atoms with Gasteiger partial charge in [0.2, 0.25) is 10.0 Å². The van der Waals surface area contributed by atoms with Crippen LogP contribution in [0.1, 0.15) is 19.3 Å². The Kier molecular flexibility index (Phi) is 5.02. The zero-order valence-corrected chi connectivity index (χ0v) is 13.0. The molecule has 1 heterocycles. The number of methoxy groups -OCH3 is 1. The maximum atomic E-state index is 14.0. The number of benzene rings is 1. The second-order valence-electron chi connectivity index (χ2n) is 5.27. The van der Waals surface area contributed by atoms with Crippen LogP contribution in [-0.2, 0) is 14.8 Å². The van der Waals surface area contributed by atoms with E-state index < -0.39 is 26.7 Å². The minimum atomic E-state index is -3.98. The average molecular weight is 331 g/mol. The molecule has 1 N–H and O–H groups in total. The van der Waals surface area contributed by atoms with Crippen LogP contribution in [0.15, 0.2) is 23.1 Å². The summed E-state index contributed by atoms with van der Waals surface area (Å²) in [6.07, 6.45) is 1.13. The van der Waals surface area contributed by atoms with Gasteiger partial charge in [0.25, 0.3) is 0 Å². The van der Waals surface area contributed by atoms with Crippen LogP contribution >= 0.6 is 0 Å². The highest BCUT2D eigenvalue weighted by atomic mass is 32.2. The summed E-state index contributed by atoms with van der Waals surface area (Å²) in [7, 11) is -2.61. The summed E-state index contributed by atoms with van der Waals surface area (Å²) in [5.41, 5.74) is 0. The maximum absolute atomic E-state index is 14.0. The number of carbonyl (C=O) groups is 1. The molecule has 1 aromatic carbocycles. The lowest BCUT2D eigenvalue weighted by molar-refractivity contribution is -0.138. The zero-order valence-electron chi connectivity index (χ0n) is 12.2. The van der Waals surface area contributed by atoms with Gasteiger partial charge in [-0.2, -0.15) is 4.31 Å². The van der Waals surface area contributed by atoms with Crippen molar-refractivity contribution in [2.75, 3.05) is 20.2 Å². The minimum Gasteiger partial charge on any atom is -0.497 e. The van der Waals surface area contributed by atoms with E-state index in [9.17, 15) is 17.6 Å². The second kappa shape index (κ2) is 6.62. The Hall–Kier alpha value is -1.67. The van der Waals surface area contributed by atoms with Crippen molar-refractivity contribution in [2.45, 2.75) is 24.2 Å². The predicted octanol–water partition coefficient (Wildman–Crippen LogP) is 1.71. The summed E-state index contributed by atoms with van der Waals surface area (Å²) in [5, 5.41) is 8.83. The van der Waals surface area contributed by atoms with Crippen LogP contribution in [0.4, 0.5) is 4.39 Å². The molecule has 0 aliphatic carbocycles. The second-order valence-corrected chi connectivity index (χ2v) is 7.17. The number of aliphatic carboxylic acids is 1. The number of piperidine rings is 1. The molecule has 1 aliphatic rings. The number of rotatable bonds is 5. The molecule has 0 saturated carbocycles. The fourth-order valence-corrected chi connectivity index (χ4v) is 4.22. The van der Waals surface area contributed by atoms with Gasteiger partial charge in [-0.1, -0.05) is 0 Å². The van der Waals surface area contributed by atoms with Gasteiger partial charge in [0.05, 0.1) is 7.11 Å². The highest BCUT2D eigenvalue weighted by molar-refractivity contribution is 7.89. The van der Waals surface area contributed by atoms with Crippen molar-refractivity contribution in [3.8, 4) is 5.75 Å². The molecule has 0 aromatic heterocycles. The van der Waals surface area contributed by atoms with Gasteiger partial charge in [0.15, 0.2) is 0 Å². The fourth-order valence-electron chi connectivity index (χ4n) is 2.62. The monoisotopic (exact) mass is 331 g/mol. The molecule has 1 saturated heterocycles. The third-order valence-electron chi connectivity index (χ3n) is 3.70. The highest BCUT2D eigenvalue weighted by Gasteiger charge is 2.32. The van der Waals surface area contributed by atoms with Gasteiger partial charge in [-0.05, 0) is 30.9 Å². The van der Waals surface area contributed by atoms with Crippen LogP contribution in [-0.4, -0.2) is 44.0 Å². The molecular formula is C14H18FNO5S. The summed E-state index contributed by atoms with van der Waals surface area (Å²) in [5.74, 6) is -1.85. The topological polar surface area (TPSA) is 83.9 Å². The van der Waals surface area contributed by atoms with Gasteiger partial charge in [-0.25, -0.2) is 12.8 Å². The summed E-state index contributed by atoms with van der Waals surface area (Å²) in [4.78, 5) is 10.4. The average Bonchev–Trinajstić information content (AvgIpc) is 2.46. The molecule has 1 aromatic rings. The van der Waals surface area contributed by atoms with Crippen LogP contribution in [0.3, 0.4) is 0 Å². The van der Waals surface area contributed by atoms with Crippen molar-refractivity contribution in [3.63, 3.8) is 0 Å². The Bertz CT molecular complexity index is 661. The van der Waals surface area contributed by atoms with Gasteiger partial charge in [-0.3, -0.25) is 4.79 Å². The third kappa shape index (κ3) is 3.56. The van der Waals surface area contributed by atoms with E-state index in [1.165, 1.54) is 19.2 Å². The third-order valence-corrected chi connectivity index (χ3v) is 5.60. The first-order chi connectivity index (χ1) is 10.3. The van der Waals surface area contributed by atoms with Crippen LogP contribution < -0.4 is 4.74 Å². The molecule has 2 rings (SSSR count). The molecule has 1 aliphatic heterocycles. The van der Waals surface area contributed by atoms with E-state index in [2.05, 4.69) is 0 Å². The molecule has 0 amide bonds. The SMILES string of the molecule is COc1ccc(S(=O)(=O)N2CCCC(CC(=O)O)C2)c(F)c1. The van der Waals surface area contributed by atoms with E-state index in [1.54, 1.807) is 0 Å². The van der Waals surface area contributed by atoms with Crippen LogP contribution in [0.5, 0.6) is 5.75 Å². The molecule has 0 spiro atoms. The number of carboxylic acid groups (broad SMARTS) is 1. The molecular weight excluding hydrogens is 313 g/mol. The standard InChI is InChI=1S/C14H18FNO5S/c1-21-11-4-5-13(12(15)8-11)22(19,20)16-6-2-3-10(9-16)7-14(17)18/h4-5,8,10H,2-3,6-7,9H2,1H3,(H,17,18). The van der Waals surface area contributed by atoms with E-state index in [-0.39, 0.29) is 31.2 Å². The first-order valence-corrected chi connectivity index (χ1v) is 8.34. The normalized spacial score (nSPS) is 19.8. The van der Waals surface area contributed by atoms with E-state index in [0.717, 1.165) is 10.4 Å². The molecule has 1 atom stereocenters. The van der Waals surface area contributed by atoms with Crippen molar-refractivity contribution in [1.82, 2.24) is 4.31 Å². The van der Waals surface area contributed by atoms with Gasteiger partial charge in [0.1, 0.15) is 16.5 Å². The Labute approximate surface area is 128 Å². The summed E-state index contributed by atoms with van der Waals surface area (Å²) in [6.45, 7) is 0.365. The number of ether oxygens (including phenoxy) is 1. The van der Waals surface area contributed by atoms with Crippen LogP contribution in [0.25, 0.3) is 0 Å². The molecule has 1 unspecified atom stereocenters. The molecule has 22 heavy (non-hydrogen) atoms. The van der Waals surface area contributed by atoms with Crippen molar-refractivity contribution in [1.29, 1.82) is 0 Å². The maximum Gasteiger partial charge on any atom is 0.303 e. The van der Waals surface area contributed by atoms with Gasteiger partial charge in [0, 0.05) is 25.6 Å². The molecule has 6 nitrogen and oxygen atoms in total. The lowest BCUT2D eigenvalue weighted by atomic mass is 9.96. The lowest BCUT2D eigenvalue weighted by Gasteiger charge is -2.31. The number of hydrogen-bond donors (Lipinski definition) is 1. The van der Waals surface area contributed by atoms with Gasteiger partial charge < -0.3 is 9.84 Å². The number of halogens is 1. The Morgan fingerprint density at radius 1 is 1.50 bits per heavy atom. The van der Waals surface area contributed by atoms with E-state index in [1.807, 2.05) is 0 Å². The molecule has 0 radical (unpaired) electrons. The molecule has 8 heteroatoms. The number of sulfonamides is 1. The quantitative estimate of drug-likeness (QED) is 0.888. The first kappa shape index (κ1) is 16.7. The fraction of sp³-hybridized carbons (Fsp3) is 0.500. The van der Waals surface area contributed by atoms with E-state index in [4.69, 9.17) is 9.84 Å².